The molecule has 0 radical (unpaired) electrons. The summed E-state index contributed by atoms with van der Waals surface area (Å²) in [5.74, 6) is -0.444. The maximum Gasteiger partial charge on any atom is 0.322 e. The minimum absolute atomic E-state index is 0.0379. The molecule has 1 unspecified atom stereocenters. The number of imide groups is 1. The van der Waals surface area contributed by atoms with Crippen molar-refractivity contribution in [1.29, 1.82) is 0 Å². The van der Waals surface area contributed by atoms with Gasteiger partial charge in [-0.3, -0.25) is 10.1 Å². The normalized spacial score (nSPS) is 17.9. The van der Waals surface area contributed by atoms with Crippen LogP contribution in [0.15, 0.2) is 30.3 Å². The van der Waals surface area contributed by atoms with E-state index in [1.807, 2.05) is 6.07 Å². The second kappa shape index (κ2) is 5.17. The lowest BCUT2D eigenvalue weighted by molar-refractivity contribution is -0.120. The third-order valence-electron chi connectivity index (χ3n) is 2.36. The highest BCUT2D eigenvalue weighted by molar-refractivity contribution is 6.04. The van der Waals surface area contributed by atoms with Crippen molar-refractivity contribution in [2.75, 3.05) is 11.9 Å². The average Bonchev–Trinajstić information content (AvgIpc) is 2.66. The van der Waals surface area contributed by atoms with Crippen LogP contribution in [0.4, 0.5) is 15.3 Å². The maximum absolute atomic E-state index is 11.5. The Kier molecular flexibility index (Phi) is 3.42. The Balaban J connectivity index is 1.79. The largest absolute Gasteiger partial charge is 0.335 e. The summed E-state index contributed by atoms with van der Waals surface area (Å²) in [6, 6.07) is 7.19. The van der Waals surface area contributed by atoms with Gasteiger partial charge in [0.05, 0.1) is 0 Å². The van der Waals surface area contributed by atoms with Crippen LogP contribution < -0.4 is 21.3 Å². The van der Waals surface area contributed by atoms with Crippen molar-refractivity contribution in [3.63, 3.8) is 0 Å². The molecule has 2 rings (SSSR count). The summed E-state index contributed by atoms with van der Waals surface area (Å²) in [4.78, 5) is 33.5. The lowest BCUT2D eigenvalue weighted by atomic mass is 10.3. The van der Waals surface area contributed by atoms with Gasteiger partial charge in [0.2, 0.25) is 0 Å². The fraction of sp³-hybridized carbons (Fsp3) is 0.182. The van der Waals surface area contributed by atoms with Crippen LogP contribution in [0.25, 0.3) is 0 Å². The molecule has 18 heavy (non-hydrogen) atoms. The number of rotatable bonds is 3. The molecule has 4 N–H and O–H groups in total. The van der Waals surface area contributed by atoms with Gasteiger partial charge in [0, 0.05) is 12.2 Å². The molecule has 94 valence electrons. The van der Waals surface area contributed by atoms with Gasteiger partial charge in [-0.2, -0.15) is 0 Å². The molecule has 0 bridgehead atoms. The zero-order valence-corrected chi connectivity index (χ0v) is 9.40. The lowest BCUT2D eigenvalue weighted by Crippen LogP contribution is -2.43. The van der Waals surface area contributed by atoms with Crippen LogP contribution in [0.5, 0.6) is 0 Å². The Morgan fingerprint density at radius 3 is 2.56 bits per heavy atom. The number of benzene rings is 1. The van der Waals surface area contributed by atoms with E-state index in [0.29, 0.717) is 5.69 Å². The monoisotopic (exact) mass is 248 g/mol. The summed E-state index contributed by atoms with van der Waals surface area (Å²) < 4.78 is 0. The Bertz CT molecular complexity index is 474. The minimum Gasteiger partial charge on any atom is -0.335 e. The summed E-state index contributed by atoms with van der Waals surface area (Å²) in [7, 11) is 0. The maximum atomic E-state index is 11.5. The topological polar surface area (TPSA) is 99.3 Å². The molecule has 5 amide bonds. The molecule has 1 saturated heterocycles. The number of urea groups is 2. The van der Waals surface area contributed by atoms with Crippen LogP contribution in [0.2, 0.25) is 0 Å². The predicted molar refractivity (Wildman–Crippen MR) is 63.9 cm³/mol. The molecule has 0 aliphatic carbocycles. The number of carbonyl (C=O) groups excluding carboxylic acids is 3. The predicted octanol–water partition coefficient (Wildman–Crippen LogP) is 0.0161. The van der Waals surface area contributed by atoms with E-state index in [9.17, 15) is 14.4 Å². The number of hydrogen-bond donors (Lipinski definition) is 4. The summed E-state index contributed by atoms with van der Waals surface area (Å²) in [5.41, 5.74) is 0.648. The van der Waals surface area contributed by atoms with Gasteiger partial charge in [-0.15, -0.1) is 0 Å². The van der Waals surface area contributed by atoms with Gasteiger partial charge in [-0.1, -0.05) is 18.2 Å². The molecule has 1 aliphatic rings. The van der Waals surface area contributed by atoms with E-state index >= 15 is 0 Å². The van der Waals surface area contributed by atoms with E-state index in [2.05, 4.69) is 21.3 Å². The van der Waals surface area contributed by atoms with Crippen LogP contribution in [0.3, 0.4) is 0 Å². The zero-order valence-electron chi connectivity index (χ0n) is 9.40. The SMILES string of the molecule is O=C(NCC1NC(=O)NC1=O)Nc1ccccc1. The Morgan fingerprint density at radius 1 is 1.22 bits per heavy atom. The Labute approximate surface area is 103 Å². The molecule has 1 heterocycles. The molecule has 0 aromatic heterocycles. The number of para-hydroxylation sites is 1. The number of hydrogen-bond acceptors (Lipinski definition) is 3. The fourth-order valence-electron chi connectivity index (χ4n) is 1.49. The van der Waals surface area contributed by atoms with Gasteiger partial charge < -0.3 is 16.0 Å². The molecule has 7 nitrogen and oxygen atoms in total. The average molecular weight is 248 g/mol. The molecule has 1 aromatic carbocycles. The van der Waals surface area contributed by atoms with Crippen LogP contribution in [-0.2, 0) is 4.79 Å². The highest BCUT2D eigenvalue weighted by atomic mass is 16.2. The summed E-state index contributed by atoms with van der Waals surface area (Å²) in [5, 5.41) is 9.56. The van der Waals surface area contributed by atoms with Crippen molar-refractivity contribution in [3.05, 3.63) is 30.3 Å². The molecule has 0 saturated carbocycles. The first-order valence-electron chi connectivity index (χ1n) is 5.36. The highest BCUT2D eigenvalue weighted by Crippen LogP contribution is 2.04. The molecule has 1 aliphatic heterocycles. The molecule has 7 heteroatoms. The number of nitrogens with one attached hydrogen (secondary N) is 4. The van der Waals surface area contributed by atoms with Crippen LogP contribution in [0, 0.1) is 0 Å². The molecule has 1 atom stereocenters. The van der Waals surface area contributed by atoms with Crippen LogP contribution in [0.1, 0.15) is 0 Å². The summed E-state index contributed by atoms with van der Waals surface area (Å²) in [6.07, 6.45) is 0. The highest BCUT2D eigenvalue weighted by Gasteiger charge is 2.29. The molecule has 1 fully saturated rings. The van der Waals surface area contributed by atoms with Crippen molar-refractivity contribution in [2.45, 2.75) is 6.04 Å². The number of carbonyl (C=O) groups is 3. The van der Waals surface area contributed by atoms with Crippen molar-refractivity contribution in [1.82, 2.24) is 16.0 Å². The third kappa shape index (κ3) is 2.97. The van der Waals surface area contributed by atoms with E-state index in [1.165, 1.54) is 0 Å². The summed E-state index contributed by atoms with van der Waals surface area (Å²) >= 11 is 0. The van der Waals surface area contributed by atoms with Crippen LogP contribution >= 0.6 is 0 Å². The number of amides is 5. The molecule has 1 aromatic rings. The van der Waals surface area contributed by atoms with E-state index in [0.717, 1.165) is 0 Å². The Hall–Kier alpha value is -2.57. The van der Waals surface area contributed by atoms with Gasteiger partial charge in [-0.25, -0.2) is 9.59 Å². The minimum atomic E-state index is -0.723. The first-order chi connectivity index (χ1) is 8.65. The second-order valence-corrected chi connectivity index (χ2v) is 3.72. The van der Waals surface area contributed by atoms with E-state index in [4.69, 9.17) is 0 Å². The molecule has 0 spiro atoms. The van der Waals surface area contributed by atoms with Gasteiger partial charge in [0.25, 0.3) is 5.91 Å². The van der Waals surface area contributed by atoms with Gasteiger partial charge in [0.15, 0.2) is 0 Å². The first-order valence-corrected chi connectivity index (χ1v) is 5.36. The lowest BCUT2D eigenvalue weighted by Gasteiger charge is -2.10. The van der Waals surface area contributed by atoms with Gasteiger partial charge in [-0.05, 0) is 12.1 Å². The Morgan fingerprint density at radius 2 is 1.94 bits per heavy atom. The fourth-order valence-corrected chi connectivity index (χ4v) is 1.49. The molecular weight excluding hydrogens is 236 g/mol. The molecular formula is C11H12N4O3. The quantitative estimate of drug-likeness (QED) is 0.567. The number of anilines is 1. The zero-order chi connectivity index (χ0) is 13.0. The van der Waals surface area contributed by atoms with Gasteiger partial charge in [0.1, 0.15) is 6.04 Å². The third-order valence-corrected chi connectivity index (χ3v) is 2.36. The van der Waals surface area contributed by atoms with Gasteiger partial charge >= 0.3 is 12.1 Å². The van der Waals surface area contributed by atoms with Crippen molar-refractivity contribution in [3.8, 4) is 0 Å². The van der Waals surface area contributed by atoms with E-state index < -0.39 is 24.0 Å². The standard InChI is InChI=1S/C11H12N4O3/c16-9-8(14-11(18)15-9)6-12-10(17)13-7-4-2-1-3-5-7/h1-5,8H,6H2,(H2,12,13,17)(H2,14,15,16,18). The second-order valence-electron chi connectivity index (χ2n) is 3.72. The van der Waals surface area contributed by atoms with E-state index in [-0.39, 0.29) is 6.54 Å². The summed E-state index contributed by atoms with van der Waals surface area (Å²) in [6.45, 7) is 0.0379. The van der Waals surface area contributed by atoms with Crippen molar-refractivity contribution < 1.29 is 14.4 Å². The van der Waals surface area contributed by atoms with E-state index in [1.54, 1.807) is 24.3 Å². The smallest absolute Gasteiger partial charge is 0.322 e. The first kappa shape index (κ1) is 11.9. The van der Waals surface area contributed by atoms with Crippen molar-refractivity contribution >= 4 is 23.7 Å². The van der Waals surface area contributed by atoms with Crippen LogP contribution in [-0.4, -0.2) is 30.6 Å². The van der Waals surface area contributed by atoms with Crippen molar-refractivity contribution in [2.24, 2.45) is 0 Å².